The Balaban J connectivity index is 2.27. The van der Waals surface area contributed by atoms with Crippen LogP contribution in [0.2, 0.25) is 0 Å². The number of nitrogens with one attached hydrogen (secondary N) is 2. The molecule has 0 aromatic carbocycles. The van der Waals surface area contributed by atoms with Crippen LogP contribution >= 0.6 is 0 Å². The van der Waals surface area contributed by atoms with Gasteiger partial charge in [0.15, 0.2) is 5.82 Å². The fourth-order valence-electron chi connectivity index (χ4n) is 1.39. The Hall–Kier alpha value is -2.58. The van der Waals surface area contributed by atoms with Gasteiger partial charge in [-0.05, 0) is 0 Å². The molecule has 9 heteroatoms. The number of aromatic amines is 1. The van der Waals surface area contributed by atoms with Gasteiger partial charge in [-0.1, -0.05) is 5.16 Å². The molecule has 0 saturated carbocycles. The highest BCUT2D eigenvalue weighted by Gasteiger charge is 2.10. The zero-order chi connectivity index (χ0) is 13.3. The monoisotopic (exact) mass is 252 g/mol. The van der Waals surface area contributed by atoms with Gasteiger partial charge < -0.3 is 15.6 Å². The molecule has 0 spiro atoms. The molecule has 0 bridgehead atoms. The minimum absolute atomic E-state index is 0.0453. The lowest BCUT2D eigenvalue weighted by Crippen LogP contribution is -2.32. The SMILES string of the molecule is Cc1nc(CNc2c(N)n(C)c(=O)[nH]c2=O)no1. The van der Waals surface area contributed by atoms with Crippen LogP contribution in [0.4, 0.5) is 11.5 Å². The Morgan fingerprint density at radius 1 is 1.50 bits per heavy atom. The Bertz CT molecular complexity index is 682. The van der Waals surface area contributed by atoms with Gasteiger partial charge in [0.25, 0.3) is 5.56 Å². The Morgan fingerprint density at radius 2 is 2.22 bits per heavy atom. The van der Waals surface area contributed by atoms with Crippen LogP contribution in [-0.2, 0) is 13.6 Å². The van der Waals surface area contributed by atoms with E-state index in [1.54, 1.807) is 6.92 Å². The van der Waals surface area contributed by atoms with Crippen molar-refractivity contribution >= 4 is 11.5 Å². The van der Waals surface area contributed by atoms with E-state index in [-0.39, 0.29) is 18.1 Å². The Labute approximate surface area is 101 Å². The molecule has 2 aromatic rings. The molecule has 0 aliphatic heterocycles. The van der Waals surface area contributed by atoms with E-state index in [0.717, 1.165) is 4.57 Å². The van der Waals surface area contributed by atoms with Gasteiger partial charge >= 0.3 is 5.69 Å². The summed E-state index contributed by atoms with van der Waals surface area (Å²) >= 11 is 0. The van der Waals surface area contributed by atoms with Crippen molar-refractivity contribution in [3.8, 4) is 0 Å². The summed E-state index contributed by atoms with van der Waals surface area (Å²) in [6.07, 6.45) is 0. The highest BCUT2D eigenvalue weighted by Crippen LogP contribution is 2.09. The minimum atomic E-state index is -0.587. The molecule has 4 N–H and O–H groups in total. The largest absolute Gasteiger partial charge is 0.383 e. The third kappa shape index (κ3) is 2.10. The standard InChI is InChI=1S/C9H12N6O3/c1-4-12-5(14-18-4)3-11-6-7(10)15(2)9(17)13-8(6)16/h11H,3,10H2,1-2H3,(H,13,16,17). The second-order valence-corrected chi connectivity index (χ2v) is 3.66. The summed E-state index contributed by atoms with van der Waals surface area (Å²) in [6.45, 7) is 1.83. The highest BCUT2D eigenvalue weighted by atomic mass is 16.5. The van der Waals surface area contributed by atoms with E-state index in [1.165, 1.54) is 7.05 Å². The molecule has 9 nitrogen and oxygen atoms in total. The molecular weight excluding hydrogens is 240 g/mol. The van der Waals surface area contributed by atoms with Crippen molar-refractivity contribution in [1.29, 1.82) is 0 Å². The van der Waals surface area contributed by atoms with E-state index in [4.69, 9.17) is 10.3 Å². The summed E-state index contributed by atoms with van der Waals surface area (Å²) in [6, 6.07) is 0. The molecule has 2 rings (SSSR count). The zero-order valence-corrected chi connectivity index (χ0v) is 9.85. The van der Waals surface area contributed by atoms with Crippen LogP contribution in [0.5, 0.6) is 0 Å². The molecule has 0 unspecified atom stereocenters. The molecule has 2 heterocycles. The number of nitrogens with zero attached hydrogens (tertiary/aromatic N) is 3. The fourth-order valence-corrected chi connectivity index (χ4v) is 1.39. The second kappa shape index (κ2) is 4.35. The van der Waals surface area contributed by atoms with Crippen LogP contribution in [0.1, 0.15) is 11.7 Å². The molecule has 96 valence electrons. The first-order chi connectivity index (χ1) is 8.49. The van der Waals surface area contributed by atoms with E-state index < -0.39 is 11.2 Å². The summed E-state index contributed by atoms with van der Waals surface area (Å²) < 4.78 is 5.91. The molecule has 0 radical (unpaired) electrons. The van der Waals surface area contributed by atoms with Gasteiger partial charge in [0.2, 0.25) is 5.89 Å². The maximum Gasteiger partial charge on any atom is 0.329 e. The Kier molecular flexibility index (Phi) is 2.88. The Morgan fingerprint density at radius 3 is 2.83 bits per heavy atom. The maximum absolute atomic E-state index is 11.6. The predicted molar refractivity (Wildman–Crippen MR) is 63.1 cm³/mol. The molecule has 0 fully saturated rings. The van der Waals surface area contributed by atoms with Crippen LogP contribution in [-0.4, -0.2) is 19.7 Å². The van der Waals surface area contributed by atoms with Gasteiger partial charge in [0.1, 0.15) is 11.5 Å². The number of hydrogen-bond acceptors (Lipinski definition) is 7. The van der Waals surface area contributed by atoms with Gasteiger partial charge in [-0.3, -0.25) is 14.3 Å². The topological polar surface area (TPSA) is 132 Å². The third-order valence-corrected chi connectivity index (χ3v) is 2.36. The molecular formula is C9H12N6O3. The molecule has 18 heavy (non-hydrogen) atoms. The van der Waals surface area contributed by atoms with Crippen LogP contribution in [0, 0.1) is 6.92 Å². The number of hydrogen-bond donors (Lipinski definition) is 3. The molecule has 0 saturated heterocycles. The molecule has 0 aliphatic rings. The van der Waals surface area contributed by atoms with Gasteiger partial charge in [0.05, 0.1) is 6.54 Å². The predicted octanol–water partition coefficient (Wildman–Crippen LogP) is -1.04. The summed E-state index contributed by atoms with van der Waals surface area (Å²) in [7, 11) is 1.46. The number of rotatable bonds is 3. The van der Waals surface area contributed by atoms with Crippen molar-refractivity contribution in [3.05, 3.63) is 32.6 Å². The van der Waals surface area contributed by atoms with Crippen molar-refractivity contribution in [2.24, 2.45) is 7.05 Å². The van der Waals surface area contributed by atoms with Gasteiger partial charge in [-0.15, -0.1) is 0 Å². The van der Waals surface area contributed by atoms with E-state index in [1.807, 2.05) is 0 Å². The molecule has 0 amide bonds. The molecule has 0 atom stereocenters. The second-order valence-electron chi connectivity index (χ2n) is 3.66. The van der Waals surface area contributed by atoms with E-state index in [0.29, 0.717) is 11.7 Å². The average molecular weight is 252 g/mol. The van der Waals surface area contributed by atoms with E-state index in [9.17, 15) is 9.59 Å². The van der Waals surface area contributed by atoms with Crippen LogP contribution < -0.4 is 22.3 Å². The first kappa shape index (κ1) is 11.9. The first-order valence-electron chi connectivity index (χ1n) is 5.11. The third-order valence-electron chi connectivity index (χ3n) is 2.36. The normalized spacial score (nSPS) is 10.6. The first-order valence-corrected chi connectivity index (χ1v) is 5.11. The summed E-state index contributed by atoms with van der Waals surface area (Å²) in [5, 5.41) is 6.43. The lowest BCUT2D eigenvalue weighted by Gasteiger charge is -2.08. The van der Waals surface area contributed by atoms with Crippen LogP contribution in [0.15, 0.2) is 14.1 Å². The van der Waals surface area contributed by atoms with Crippen LogP contribution in [0.25, 0.3) is 0 Å². The minimum Gasteiger partial charge on any atom is -0.383 e. The van der Waals surface area contributed by atoms with Crippen molar-refractivity contribution in [2.45, 2.75) is 13.5 Å². The summed E-state index contributed by atoms with van der Waals surface area (Å²) in [5.41, 5.74) is 4.61. The number of H-pyrrole nitrogens is 1. The number of nitrogen functional groups attached to an aromatic ring is 1. The number of aryl methyl sites for hydroxylation is 1. The quantitative estimate of drug-likeness (QED) is 0.635. The lowest BCUT2D eigenvalue weighted by atomic mass is 10.4. The summed E-state index contributed by atoms with van der Waals surface area (Å²) in [5.74, 6) is 0.860. The highest BCUT2D eigenvalue weighted by molar-refractivity contribution is 5.60. The fraction of sp³-hybridized carbons (Fsp3) is 0.333. The van der Waals surface area contributed by atoms with Crippen molar-refractivity contribution in [1.82, 2.24) is 19.7 Å². The zero-order valence-electron chi connectivity index (χ0n) is 9.85. The van der Waals surface area contributed by atoms with Crippen molar-refractivity contribution in [3.63, 3.8) is 0 Å². The summed E-state index contributed by atoms with van der Waals surface area (Å²) in [4.78, 5) is 28.9. The van der Waals surface area contributed by atoms with Crippen LogP contribution in [0.3, 0.4) is 0 Å². The van der Waals surface area contributed by atoms with Crippen molar-refractivity contribution in [2.75, 3.05) is 11.1 Å². The van der Waals surface area contributed by atoms with E-state index in [2.05, 4.69) is 20.4 Å². The van der Waals surface area contributed by atoms with Gasteiger partial charge in [0, 0.05) is 14.0 Å². The smallest absolute Gasteiger partial charge is 0.329 e. The molecule has 2 aromatic heterocycles. The van der Waals surface area contributed by atoms with Crippen molar-refractivity contribution < 1.29 is 4.52 Å². The number of aromatic nitrogens is 4. The number of nitrogens with two attached hydrogens (primary N) is 1. The lowest BCUT2D eigenvalue weighted by molar-refractivity contribution is 0.388. The average Bonchev–Trinajstić information content (AvgIpc) is 2.72. The van der Waals surface area contributed by atoms with E-state index >= 15 is 0 Å². The molecule has 0 aliphatic carbocycles. The maximum atomic E-state index is 11.6. The van der Waals surface area contributed by atoms with Gasteiger partial charge in [-0.2, -0.15) is 4.98 Å². The number of anilines is 2. The van der Waals surface area contributed by atoms with Gasteiger partial charge in [-0.25, -0.2) is 4.79 Å².